The Morgan fingerprint density at radius 3 is 2.36 bits per heavy atom. The van der Waals surface area contributed by atoms with E-state index in [0.717, 1.165) is 16.5 Å². The molecule has 0 aliphatic rings. The molecule has 290 valence electrons. The first-order valence-electron chi connectivity index (χ1n) is 17.5. The SMILES string of the molecule is CCOc1ccn(-c2ccc(F)cc2)c(=O)c1C(=O)Nc1ccc(Oc2ccnc3cc(-c4ccc(CC(COC)(OC(N)=O)C(C)(C)C)cn4)sc23)c(F)c1. The zero-order valence-electron chi connectivity index (χ0n) is 31.2. The van der Waals surface area contributed by atoms with Crippen molar-refractivity contribution in [2.45, 2.75) is 39.7 Å². The highest BCUT2D eigenvalue weighted by molar-refractivity contribution is 7.22. The molecule has 3 N–H and O–H groups in total. The third-order valence-electron chi connectivity index (χ3n) is 9.08. The van der Waals surface area contributed by atoms with E-state index >= 15 is 4.39 Å². The normalized spacial score (nSPS) is 12.6. The Labute approximate surface area is 324 Å². The monoisotopic (exact) mass is 783 g/mol. The van der Waals surface area contributed by atoms with Crippen molar-refractivity contribution in [3.63, 3.8) is 0 Å². The van der Waals surface area contributed by atoms with Crippen LogP contribution in [-0.4, -0.2) is 52.5 Å². The molecule has 4 aromatic heterocycles. The summed E-state index contributed by atoms with van der Waals surface area (Å²) in [7, 11) is 1.53. The van der Waals surface area contributed by atoms with Gasteiger partial charge in [0.1, 0.15) is 28.5 Å². The number of benzene rings is 2. The fourth-order valence-corrected chi connectivity index (χ4v) is 7.13. The molecule has 1 unspecified atom stereocenters. The Balaban J connectivity index is 1.21. The van der Waals surface area contributed by atoms with E-state index in [1.165, 1.54) is 71.7 Å². The maximum atomic E-state index is 15.5. The molecule has 4 heterocycles. The van der Waals surface area contributed by atoms with Crippen molar-refractivity contribution < 1.29 is 37.3 Å². The number of fused-ring (bicyclic) bond motifs is 1. The summed E-state index contributed by atoms with van der Waals surface area (Å²) in [5.41, 5.74) is 5.37. The van der Waals surface area contributed by atoms with Crippen LogP contribution in [-0.2, 0) is 15.9 Å². The minimum Gasteiger partial charge on any atom is -0.493 e. The number of nitrogens with one attached hydrogen (secondary N) is 1. The lowest BCUT2D eigenvalue weighted by Crippen LogP contribution is -2.53. The summed E-state index contributed by atoms with van der Waals surface area (Å²) in [6, 6.07) is 17.8. The lowest BCUT2D eigenvalue weighted by molar-refractivity contribution is -0.107. The van der Waals surface area contributed by atoms with Gasteiger partial charge in [-0.1, -0.05) is 26.8 Å². The van der Waals surface area contributed by atoms with Crippen LogP contribution in [0.2, 0.25) is 0 Å². The summed E-state index contributed by atoms with van der Waals surface area (Å²) in [4.78, 5) is 48.7. The van der Waals surface area contributed by atoms with Crippen molar-refractivity contribution in [3.05, 3.63) is 125 Å². The van der Waals surface area contributed by atoms with Crippen LogP contribution in [0.1, 0.15) is 43.6 Å². The number of pyridine rings is 3. The topological polar surface area (TPSA) is 157 Å². The molecule has 0 saturated heterocycles. The van der Waals surface area contributed by atoms with E-state index in [1.54, 1.807) is 25.4 Å². The number of hydrogen-bond donors (Lipinski definition) is 2. The number of halogens is 2. The Hall–Kier alpha value is -6.19. The Morgan fingerprint density at radius 1 is 0.946 bits per heavy atom. The number of thiophene rings is 1. The Bertz CT molecular complexity index is 2450. The number of aromatic nitrogens is 3. The van der Waals surface area contributed by atoms with E-state index in [1.807, 2.05) is 39.0 Å². The summed E-state index contributed by atoms with van der Waals surface area (Å²) in [5.74, 6) is -1.80. The van der Waals surface area contributed by atoms with E-state index in [0.29, 0.717) is 33.8 Å². The number of methoxy groups -OCH3 is 1. The predicted molar refractivity (Wildman–Crippen MR) is 209 cm³/mol. The average molecular weight is 784 g/mol. The van der Waals surface area contributed by atoms with E-state index in [4.69, 9.17) is 24.7 Å². The van der Waals surface area contributed by atoms with Gasteiger partial charge in [-0.3, -0.25) is 24.1 Å². The standard InChI is InChI=1S/C41H39F2N5O7S/c1-6-53-32-16-18-48(27-11-8-25(42)9-12-27)38(50)35(32)37(49)47-26-10-14-31(28(43)19-26)54-33-15-17-45-30-20-34(56-36(30)33)29-13-7-24(22-46-29)21-41(23-52-5,40(2,3)4)55-39(44)51/h7-20,22H,6,21,23H2,1-5H3,(H2,44,51)(H,47,49). The minimum atomic E-state index is -1.03. The molecule has 0 fully saturated rings. The highest BCUT2D eigenvalue weighted by atomic mass is 32.1. The fraction of sp³-hybridized carbons (Fsp3) is 0.244. The highest BCUT2D eigenvalue weighted by Gasteiger charge is 2.46. The molecule has 2 amide bonds. The van der Waals surface area contributed by atoms with Crippen LogP contribution in [0.3, 0.4) is 0 Å². The summed E-state index contributed by atoms with van der Waals surface area (Å²) >= 11 is 1.36. The number of ether oxygens (including phenoxy) is 4. The second-order valence-electron chi connectivity index (χ2n) is 13.8. The smallest absolute Gasteiger partial charge is 0.405 e. The largest absolute Gasteiger partial charge is 0.493 e. The van der Waals surface area contributed by atoms with Crippen LogP contribution in [0.25, 0.3) is 26.5 Å². The molecule has 0 saturated carbocycles. The van der Waals surface area contributed by atoms with Gasteiger partial charge < -0.3 is 30.0 Å². The van der Waals surface area contributed by atoms with Crippen LogP contribution in [0.5, 0.6) is 17.2 Å². The van der Waals surface area contributed by atoms with Gasteiger partial charge in [0.05, 0.1) is 34.0 Å². The van der Waals surface area contributed by atoms with Gasteiger partial charge in [0.25, 0.3) is 11.5 Å². The second-order valence-corrected chi connectivity index (χ2v) is 14.9. The van der Waals surface area contributed by atoms with Crippen LogP contribution < -0.4 is 26.1 Å². The predicted octanol–water partition coefficient (Wildman–Crippen LogP) is 8.30. The maximum Gasteiger partial charge on any atom is 0.405 e. The van der Waals surface area contributed by atoms with Gasteiger partial charge >= 0.3 is 6.09 Å². The third kappa shape index (κ3) is 8.38. The van der Waals surface area contributed by atoms with Gasteiger partial charge in [-0.15, -0.1) is 11.3 Å². The van der Waals surface area contributed by atoms with E-state index < -0.39 is 40.2 Å². The average Bonchev–Trinajstić information content (AvgIpc) is 3.59. The van der Waals surface area contributed by atoms with Crippen molar-refractivity contribution in [3.8, 4) is 33.5 Å². The fourth-order valence-electron chi connectivity index (χ4n) is 6.09. The van der Waals surface area contributed by atoms with Gasteiger partial charge in [-0.2, -0.15) is 0 Å². The first-order chi connectivity index (χ1) is 26.7. The minimum absolute atomic E-state index is 0.0383. The molecule has 0 aliphatic carbocycles. The number of carbonyl (C=O) groups excluding carboxylic acids is 2. The van der Waals surface area contributed by atoms with Gasteiger partial charge in [0, 0.05) is 61.0 Å². The molecule has 12 nitrogen and oxygen atoms in total. The number of anilines is 1. The molecule has 56 heavy (non-hydrogen) atoms. The van der Waals surface area contributed by atoms with Gasteiger partial charge in [0.15, 0.2) is 11.6 Å². The summed E-state index contributed by atoms with van der Waals surface area (Å²) < 4.78 is 53.6. The number of nitrogens with two attached hydrogens (primary N) is 1. The number of amides is 2. The number of rotatable bonds is 13. The van der Waals surface area contributed by atoms with Crippen molar-refractivity contribution in [2.24, 2.45) is 11.1 Å². The van der Waals surface area contributed by atoms with Gasteiger partial charge in [-0.05, 0) is 67.1 Å². The lowest BCUT2D eigenvalue weighted by atomic mass is 9.73. The molecule has 2 aromatic carbocycles. The van der Waals surface area contributed by atoms with E-state index in [-0.39, 0.29) is 36.0 Å². The zero-order valence-corrected chi connectivity index (χ0v) is 32.0. The molecule has 1 atom stereocenters. The molecular weight excluding hydrogens is 745 g/mol. The summed E-state index contributed by atoms with van der Waals surface area (Å²) in [6.45, 7) is 7.86. The number of nitrogens with zero attached hydrogens (tertiary/aromatic N) is 3. The van der Waals surface area contributed by atoms with Crippen LogP contribution >= 0.6 is 11.3 Å². The van der Waals surface area contributed by atoms with Crippen LogP contribution in [0, 0.1) is 17.0 Å². The van der Waals surface area contributed by atoms with Crippen molar-refractivity contribution in [2.75, 3.05) is 25.6 Å². The lowest BCUT2D eigenvalue weighted by Gasteiger charge is -2.43. The molecule has 15 heteroatoms. The van der Waals surface area contributed by atoms with Crippen molar-refractivity contribution in [1.29, 1.82) is 0 Å². The summed E-state index contributed by atoms with van der Waals surface area (Å²) in [6.07, 6.45) is 4.11. The number of hydrogen-bond acceptors (Lipinski definition) is 10. The Kier molecular flexibility index (Phi) is 11.5. The molecule has 0 aliphatic heterocycles. The molecule has 0 radical (unpaired) electrons. The second kappa shape index (κ2) is 16.3. The van der Waals surface area contributed by atoms with Crippen LogP contribution in [0.4, 0.5) is 19.3 Å². The van der Waals surface area contributed by atoms with Crippen LogP contribution in [0.15, 0.2) is 96.2 Å². The zero-order chi connectivity index (χ0) is 40.2. The number of carbonyl (C=O) groups is 2. The third-order valence-corrected chi connectivity index (χ3v) is 10.2. The highest BCUT2D eigenvalue weighted by Crippen LogP contribution is 2.41. The van der Waals surface area contributed by atoms with Gasteiger partial charge in [0.2, 0.25) is 0 Å². The van der Waals surface area contributed by atoms with E-state index in [2.05, 4.69) is 15.3 Å². The molecule has 6 rings (SSSR count). The number of primary amides is 1. The Morgan fingerprint density at radius 2 is 1.71 bits per heavy atom. The van der Waals surface area contributed by atoms with E-state index in [9.17, 15) is 18.8 Å². The quantitative estimate of drug-likeness (QED) is 0.118. The summed E-state index contributed by atoms with van der Waals surface area (Å²) in [5, 5.41) is 2.57. The first kappa shape index (κ1) is 39.5. The molecule has 6 aromatic rings. The van der Waals surface area contributed by atoms with Gasteiger partial charge in [-0.25, -0.2) is 13.6 Å². The maximum absolute atomic E-state index is 15.5. The first-order valence-corrected chi connectivity index (χ1v) is 18.3. The van der Waals surface area contributed by atoms with Crippen molar-refractivity contribution in [1.82, 2.24) is 14.5 Å². The molecular formula is C41H39F2N5O7S. The van der Waals surface area contributed by atoms with Crippen molar-refractivity contribution >= 4 is 39.2 Å². The molecule has 0 spiro atoms. The molecule has 0 bridgehead atoms.